The molecule has 5 heteroatoms. The van der Waals surface area contributed by atoms with E-state index in [9.17, 15) is 4.79 Å². The SMILES string of the molecule is CC(C)C(CNC(=O)CSc1cc(Cl)ccc1Cl)C(C)C. The summed E-state index contributed by atoms with van der Waals surface area (Å²) in [6.07, 6.45) is 0. The van der Waals surface area contributed by atoms with E-state index in [1.165, 1.54) is 11.8 Å². The summed E-state index contributed by atoms with van der Waals surface area (Å²) in [5.41, 5.74) is 0. The second-order valence-electron chi connectivity index (χ2n) is 5.82. The van der Waals surface area contributed by atoms with E-state index in [0.717, 1.165) is 11.4 Å². The maximum absolute atomic E-state index is 12.0. The normalized spacial score (nSPS) is 11.5. The van der Waals surface area contributed by atoms with Gasteiger partial charge in [0.25, 0.3) is 0 Å². The topological polar surface area (TPSA) is 29.1 Å². The van der Waals surface area contributed by atoms with E-state index in [-0.39, 0.29) is 5.91 Å². The van der Waals surface area contributed by atoms with Crippen LogP contribution in [-0.4, -0.2) is 18.2 Å². The Labute approximate surface area is 142 Å². The minimum atomic E-state index is 0.0299. The van der Waals surface area contributed by atoms with Crippen molar-refractivity contribution in [2.24, 2.45) is 17.8 Å². The molecule has 21 heavy (non-hydrogen) atoms. The highest BCUT2D eigenvalue weighted by molar-refractivity contribution is 8.00. The Bertz CT molecular complexity index is 469. The van der Waals surface area contributed by atoms with Crippen LogP contribution < -0.4 is 5.32 Å². The molecule has 0 aliphatic rings. The molecule has 0 spiro atoms. The van der Waals surface area contributed by atoms with Crippen molar-refractivity contribution in [1.82, 2.24) is 5.32 Å². The van der Waals surface area contributed by atoms with Gasteiger partial charge in [-0.3, -0.25) is 4.79 Å². The Kier molecular flexibility index (Phi) is 7.93. The van der Waals surface area contributed by atoms with Crippen LogP contribution in [0.1, 0.15) is 27.7 Å². The van der Waals surface area contributed by atoms with Crippen LogP contribution in [0.3, 0.4) is 0 Å². The first-order valence-corrected chi connectivity index (χ1v) is 8.90. The summed E-state index contributed by atoms with van der Waals surface area (Å²) in [5.74, 6) is 1.99. The molecule has 1 N–H and O–H groups in total. The third kappa shape index (κ3) is 6.50. The van der Waals surface area contributed by atoms with Gasteiger partial charge in [0.15, 0.2) is 0 Å². The Morgan fingerprint density at radius 2 is 1.81 bits per heavy atom. The Morgan fingerprint density at radius 1 is 1.19 bits per heavy atom. The molecular weight excluding hydrogens is 325 g/mol. The average molecular weight is 348 g/mol. The first-order chi connectivity index (χ1) is 9.81. The molecule has 0 aliphatic heterocycles. The Morgan fingerprint density at radius 3 is 2.38 bits per heavy atom. The molecule has 0 atom stereocenters. The molecule has 1 rings (SSSR count). The van der Waals surface area contributed by atoms with Gasteiger partial charge in [0, 0.05) is 16.5 Å². The number of amides is 1. The molecule has 0 unspecified atom stereocenters. The summed E-state index contributed by atoms with van der Waals surface area (Å²) < 4.78 is 0. The van der Waals surface area contributed by atoms with Crippen molar-refractivity contribution in [2.75, 3.05) is 12.3 Å². The highest BCUT2D eigenvalue weighted by atomic mass is 35.5. The van der Waals surface area contributed by atoms with Gasteiger partial charge >= 0.3 is 0 Å². The number of carbonyl (C=O) groups is 1. The van der Waals surface area contributed by atoms with Gasteiger partial charge in [0.1, 0.15) is 0 Å². The van der Waals surface area contributed by atoms with Crippen molar-refractivity contribution in [3.63, 3.8) is 0 Å². The Hall–Kier alpha value is -0.380. The summed E-state index contributed by atoms with van der Waals surface area (Å²) in [5, 5.41) is 4.27. The number of benzene rings is 1. The van der Waals surface area contributed by atoms with Gasteiger partial charge < -0.3 is 5.32 Å². The lowest BCUT2D eigenvalue weighted by Gasteiger charge is -2.25. The van der Waals surface area contributed by atoms with Crippen LogP contribution in [0, 0.1) is 17.8 Å². The van der Waals surface area contributed by atoms with Crippen molar-refractivity contribution < 1.29 is 4.79 Å². The molecule has 2 nitrogen and oxygen atoms in total. The second kappa shape index (κ2) is 8.92. The van der Waals surface area contributed by atoms with Gasteiger partial charge in [0.2, 0.25) is 5.91 Å². The zero-order valence-electron chi connectivity index (χ0n) is 13.0. The molecule has 118 valence electrons. The molecule has 0 heterocycles. The van der Waals surface area contributed by atoms with Crippen LogP contribution >= 0.6 is 35.0 Å². The lowest BCUT2D eigenvalue weighted by Crippen LogP contribution is -2.34. The lowest BCUT2D eigenvalue weighted by molar-refractivity contribution is -0.118. The van der Waals surface area contributed by atoms with Crippen molar-refractivity contribution in [1.29, 1.82) is 0 Å². The van der Waals surface area contributed by atoms with Crippen LogP contribution in [0.5, 0.6) is 0 Å². The molecule has 1 aromatic rings. The predicted molar refractivity (Wildman–Crippen MR) is 93.4 cm³/mol. The zero-order chi connectivity index (χ0) is 16.0. The van der Waals surface area contributed by atoms with Gasteiger partial charge in [-0.25, -0.2) is 0 Å². The molecular formula is C16H23Cl2NOS. The fourth-order valence-corrected chi connectivity index (χ4v) is 3.58. The fourth-order valence-electron chi connectivity index (χ4n) is 2.26. The second-order valence-corrected chi connectivity index (χ2v) is 7.68. The molecule has 0 aromatic heterocycles. The zero-order valence-corrected chi connectivity index (χ0v) is 15.3. The molecule has 1 amide bonds. The summed E-state index contributed by atoms with van der Waals surface area (Å²) in [7, 11) is 0. The highest BCUT2D eigenvalue weighted by Gasteiger charge is 2.18. The maximum atomic E-state index is 12.0. The van der Waals surface area contributed by atoms with Gasteiger partial charge in [-0.05, 0) is 36.0 Å². The van der Waals surface area contributed by atoms with E-state index in [0.29, 0.717) is 33.6 Å². The first kappa shape index (κ1) is 18.7. The third-order valence-corrected chi connectivity index (χ3v) is 5.23. The molecule has 0 saturated heterocycles. The highest BCUT2D eigenvalue weighted by Crippen LogP contribution is 2.29. The van der Waals surface area contributed by atoms with Gasteiger partial charge in [-0.1, -0.05) is 50.9 Å². The Balaban J connectivity index is 2.45. The molecule has 0 bridgehead atoms. The van der Waals surface area contributed by atoms with Crippen molar-refractivity contribution in [3.8, 4) is 0 Å². The number of hydrogen-bond acceptors (Lipinski definition) is 2. The van der Waals surface area contributed by atoms with Gasteiger partial charge in [-0.15, -0.1) is 11.8 Å². The molecule has 0 saturated carbocycles. The molecule has 0 aliphatic carbocycles. The van der Waals surface area contributed by atoms with Gasteiger partial charge in [-0.2, -0.15) is 0 Å². The molecule has 0 fully saturated rings. The number of thioether (sulfide) groups is 1. The quantitative estimate of drug-likeness (QED) is 0.692. The van der Waals surface area contributed by atoms with E-state index >= 15 is 0 Å². The number of halogens is 2. The van der Waals surface area contributed by atoms with Crippen LogP contribution in [0.15, 0.2) is 23.1 Å². The first-order valence-electron chi connectivity index (χ1n) is 7.15. The summed E-state index contributed by atoms with van der Waals surface area (Å²) in [4.78, 5) is 12.8. The maximum Gasteiger partial charge on any atom is 0.230 e. The van der Waals surface area contributed by atoms with Crippen molar-refractivity contribution in [3.05, 3.63) is 28.2 Å². The van der Waals surface area contributed by atoms with Crippen molar-refractivity contribution >= 4 is 40.9 Å². The fraction of sp³-hybridized carbons (Fsp3) is 0.562. The minimum Gasteiger partial charge on any atom is -0.355 e. The number of nitrogens with one attached hydrogen (secondary N) is 1. The van der Waals surface area contributed by atoms with Crippen LogP contribution in [0.2, 0.25) is 10.0 Å². The monoisotopic (exact) mass is 347 g/mol. The number of hydrogen-bond donors (Lipinski definition) is 1. The smallest absolute Gasteiger partial charge is 0.230 e. The predicted octanol–water partition coefficient (Wildman–Crippen LogP) is 5.13. The van der Waals surface area contributed by atoms with Crippen LogP contribution in [0.4, 0.5) is 0 Å². The van der Waals surface area contributed by atoms with E-state index in [1.54, 1.807) is 18.2 Å². The van der Waals surface area contributed by atoms with Crippen LogP contribution in [-0.2, 0) is 4.79 Å². The van der Waals surface area contributed by atoms with E-state index < -0.39 is 0 Å². The summed E-state index contributed by atoms with van der Waals surface area (Å²) in [6, 6.07) is 5.27. The molecule has 0 radical (unpaired) electrons. The number of rotatable bonds is 7. The van der Waals surface area contributed by atoms with Gasteiger partial charge in [0.05, 0.1) is 10.8 Å². The van der Waals surface area contributed by atoms with Crippen molar-refractivity contribution in [2.45, 2.75) is 32.6 Å². The van der Waals surface area contributed by atoms with Crippen LogP contribution in [0.25, 0.3) is 0 Å². The molecule has 1 aromatic carbocycles. The standard InChI is InChI=1S/C16H23Cl2NOS/c1-10(2)13(11(3)4)8-19-16(20)9-21-15-7-12(17)5-6-14(15)18/h5-7,10-11,13H,8-9H2,1-4H3,(H,19,20). The largest absolute Gasteiger partial charge is 0.355 e. The minimum absolute atomic E-state index is 0.0299. The summed E-state index contributed by atoms with van der Waals surface area (Å²) in [6.45, 7) is 9.49. The van der Waals surface area contributed by atoms with E-state index in [2.05, 4.69) is 33.0 Å². The average Bonchev–Trinajstić information content (AvgIpc) is 2.39. The lowest BCUT2D eigenvalue weighted by atomic mass is 9.85. The van der Waals surface area contributed by atoms with E-state index in [4.69, 9.17) is 23.2 Å². The van der Waals surface area contributed by atoms with E-state index in [1.807, 2.05) is 0 Å². The third-order valence-electron chi connectivity index (χ3n) is 3.50. The number of carbonyl (C=O) groups excluding carboxylic acids is 1. The summed E-state index contributed by atoms with van der Waals surface area (Å²) >= 11 is 13.4.